The summed E-state index contributed by atoms with van der Waals surface area (Å²) in [7, 11) is 0. The lowest BCUT2D eigenvalue weighted by Crippen LogP contribution is -1.94. The van der Waals surface area contributed by atoms with Crippen LogP contribution in [0, 0.1) is 0 Å². The first-order valence-electron chi connectivity index (χ1n) is 40.2. The molecule has 24 aromatic rings. The van der Waals surface area contributed by atoms with E-state index in [1.165, 1.54) is 231 Å². The Morgan fingerprint density at radius 2 is 0.405 bits per heavy atom. The van der Waals surface area contributed by atoms with Gasteiger partial charge in [0.25, 0.3) is 0 Å². The highest BCUT2D eigenvalue weighted by Gasteiger charge is 2.27. The van der Waals surface area contributed by atoms with Crippen molar-refractivity contribution in [2.75, 3.05) is 0 Å². The Balaban J connectivity index is 0.000000130. The molecule has 2 aliphatic rings. The van der Waals surface area contributed by atoms with Gasteiger partial charge in [0.15, 0.2) is 0 Å². The molecule has 2 aliphatic carbocycles. The SMILES string of the molecule is c1ccc(-n2c3ccccc3c3cc(-c4ccc5c(c4)c4ccccc4n5-c4ccc(-c5ccc6c(c5)-c5cc7ccccc7c7cccc-6c57)cc4)ccc32)cc1.c1ccc(-n2c3ccccc3c3cc(-c4ccc5c(c4)c4ccccc4n5-c4cccc(-c5ccc6c(c5)-c5cc7ccccc7c7cccc-6c57)c4)ccc32)cc1. The molecule has 0 unspecified atom stereocenters. The van der Waals surface area contributed by atoms with E-state index in [9.17, 15) is 0 Å². The second kappa shape index (κ2) is 25.1. The first kappa shape index (κ1) is 64.3. The van der Waals surface area contributed by atoms with E-state index < -0.39 is 0 Å². The van der Waals surface area contributed by atoms with Crippen LogP contribution in [0.3, 0.4) is 0 Å². The lowest BCUT2D eigenvalue weighted by molar-refractivity contribution is 1.18. The fraction of sp³-hybridized carbons (Fsp3) is 0. The van der Waals surface area contributed by atoms with Crippen LogP contribution in [0.1, 0.15) is 0 Å². The quantitative estimate of drug-likeness (QED) is 0.135. The zero-order valence-corrected chi connectivity index (χ0v) is 63.0. The van der Waals surface area contributed by atoms with E-state index in [1.807, 2.05) is 0 Å². The number of benzene rings is 20. The third kappa shape index (κ3) is 9.62. The van der Waals surface area contributed by atoms with E-state index in [2.05, 4.69) is 431 Å². The minimum atomic E-state index is 1.16. The number of hydrogen-bond donors (Lipinski definition) is 0. The summed E-state index contributed by atoms with van der Waals surface area (Å²) in [6.07, 6.45) is 0. The molecule has 0 aliphatic heterocycles. The van der Waals surface area contributed by atoms with Crippen molar-refractivity contribution in [3.8, 4) is 112 Å². The van der Waals surface area contributed by atoms with Gasteiger partial charge in [-0.05, 0) is 278 Å². The molecule has 0 amide bonds. The van der Waals surface area contributed by atoms with Crippen LogP contribution in [0.5, 0.6) is 0 Å². The van der Waals surface area contributed by atoms with Gasteiger partial charge >= 0.3 is 0 Å². The van der Waals surface area contributed by atoms with Gasteiger partial charge in [0, 0.05) is 65.8 Å². The summed E-state index contributed by atoms with van der Waals surface area (Å²) in [6, 6.07) is 152. The standard InChI is InChI=1S/2C56H34N2/c1-2-14-40(15-3-1)57-52-22-8-6-18-44(52)49-32-37(25-28-54(49)57)38-26-29-55-50(33-38)45-19-7-9-23-53(45)58(55)41-16-10-13-35(30-41)36-24-27-43-47-21-11-20-46-42-17-5-4-12-39(42)34-51(56(46)47)48(43)31-36;1-2-12-40(13-3-1)57-52-19-8-6-15-44(52)49-32-37(24-29-54(49)57)38-25-30-55-50(33-38)45-16-7-9-20-53(45)58(55)41-26-21-35(22-27-41)36-23-28-43-47-18-10-17-46-42-14-5-4-11-39(42)34-51(56(46)47)48(43)31-36/h2*1-34H. The van der Waals surface area contributed by atoms with Crippen LogP contribution in [0.25, 0.3) is 242 Å². The number of aromatic nitrogens is 4. The van der Waals surface area contributed by atoms with E-state index in [-0.39, 0.29) is 0 Å². The summed E-state index contributed by atoms with van der Waals surface area (Å²) in [5.41, 5.74) is 34.7. The minimum absolute atomic E-state index is 1.16. The Bertz CT molecular complexity index is 8310. The van der Waals surface area contributed by atoms with Crippen molar-refractivity contribution >= 4 is 130 Å². The molecule has 20 aromatic carbocycles. The second-order valence-electron chi connectivity index (χ2n) is 31.4. The maximum Gasteiger partial charge on any atom is 0.0541 e. The molecule has 0 saturated heterocycles. The number of hydrogen-bond acceptors (Lipinski definition) is 0. The maximum atomic E-state index is 2.44. The normalized spacial score (nSPS) is 12.1. The molecule has 0 fully saturated rings. The lowest BCUT2D eigenvalue weighted by atomic mass is 9.95. The van der Waals surface area contributed by atoms with Crippen LogP contribution in [-0.2, 0) is 0 Å². The largest absolute Gasteiger partial charge is 0.309 e. The number of rotatable bonds is 8. The van der Waals surface area contributed by atoms with Crippen molar-refractivity contribution in [1.82, 2.24) is 18.3 Å². The van der Waals surface area contributed by atoms with Gasteiger partial charge in [-0.2, -0.15) is 0 Å². The third-order valence-corrected chi connectivity index (χ3v) is 25.3. The fourth-order valence-electron chi connectivity index (χ4n) is 20.1. The van der Waals surface area contributed by atoms with Crippen LogP contribution in [0.2, 0.25) is 0 Å². The first-order chi connectivity index (χ1) is 57.5. The van der Waals surface area contributed by atoms with Gasteiger partial charge < -0.3 is 18.3 Å². The van der Waals surface area contributed by atoms with E-state index in [1.54, 1.807) is 0 Å². The van der Waals surface area contributed by atoms with E-state index >= 15 is 0 Å². The van der Waals surface area contributed by atoms with Crippen LogP contribution in [-0.4, -0.2) is 18.3 Å². The zero-order chi connectivity index (χ0) is 75.8. The molecule has 4 aromatic heterocycles. The number of nitrogens with zero attached hydrogens (tertiary/aromatic N) is 4. The fourth-order valence-corrected chi connectivity index (χ4v) is 20.1. The molecule has 0 spiro atoms. The Hall–Kier alpha value is -15.4. The predicted octanol–water partition coefficient (Wildman–Crippen LogP) is 30.3. The molecule has 26 rings (SSSR count). The highest BCUT2D eigenvalue weighted by molar-refractivity contribution is 6.26. The monoisotopic (exact) mass is 1470 g/mol. The molecule has 0 bridgehead atoms. The summed E-state index contributed by atoms with van der Waals surface area (Å²) in [6.45, 7) is 0. The van der Waals surface area contributed by atoms with Crippen LogP contribution >= 0.6 is 0 Å². The van der Waals surface area contributed by atoms with Crippen molar-refractivity contribution in [2.45, 2.75) is 0 Å². The smallest absolute Gasteiger partial charge is 0.0541 e. The van der Waals surface area contributed by atoms with E-state index in [4.69, 9.17) is 0 Å². The van der Waals surface area contributed by atoms with Crippen LogP contribution in [0.4, 0.5) is 0 Å². The first-order valence-corrected chi connectivity index (χ1v) is 40.2. The van der Waals surface area contributed by atoms with Crippen LogP contribution in [0.15, 0.2) is 413 Å². The Kier molecular flexibility index (Phi) is 13.9. The van der Waals surface area contributed by atoms with E-state index in [0.29, 0.717) is 0 Å². The summed E-state index contributed by atoms with van der Waals surface area (Å²) in [4.78, 5) is 0. The Labute approximate surface area is 668 Å². The molecule has 0 atom stereocenters. The molecular weight excluding hydrogens is 1400 g/mol. The molecule has 116 heavy (non-hydrogen) atoms. The molecule has 4 heterocycles. The van der Waals surface area contributed by atoms with Gasteiger partial charge in [-0.15, -0.1) is 0 Å². The molecule has 4 heteroatoms. The second-order valence-corrected chi connectivity index (χ2v) is 31.4. The molecule has 0 saturated carbocycles. The highest BCUT2D eigenvalue weighted by Crippen LogP contribution is 2.53. The average molecular weight is 1470 g/mol. The third-order valence-electron chi connectivity index (χ3n) is 25.3. The van der Waals surface area contributed by atoms with Crippen molar-refractivity contribution in [1.29, 1.82) is 0 Å². The highest BCUT2D eigenvalue weighted by atomic mass is 15.0. The molecule has 536 valence electrons. The van der Waals surface area contributed by atoms with Gasteiger partial charge in [0.1, 0.15) is 0 Å². The molecule has 0 N–H and O–H groups in total. The zero-order valence-electron chi connectivity index (χ0n) is 63.0. The number of fused-ring (bicyclic) bond motifs is 22. The van der Waals surface area contributed by atoms with Crippen molar-refractivity contribution in [3.05, 3.63) is 413 Å². The average Bonchev–Trinajstić information content (AvgIpc) is 1.57. The summed E-state index contributed by atoms with van der Waals surface area (Å²) >= 11 is 0. The summed E-state index contributed by atoms with van der Waals surface area (Å²) in [5.74, 6) is 0. The van der Waals surface area contributed by atoms with Gasteiger partial charge in [0.2, 0.25) is 0 Å². The van der Waals surface area contributed by atoms with E-state index in [0.717, 1.165) is 11.4 Å². The summed E-state index contributed by atoms with van der Waals surface area (Å²) < 4.78 is 9.61. The maximum absolute atomic E-state index is 2.44. The van der Waals surface area contributed by atoms with Crippen LogP contribution < -0.4 is 0 Å². The minimum Gasteiger partial charge on any atom is -0.309 e. The van der Waals surface area contributed by atoms with Crippen molar-refractivity contribution in [2.24, 2.45) is 0 Å². The van der Waals surface area contributed by atoms with Gasteiger partial charge in [-0.25, -0.2) is 0 Å². The molecular formula is C112H68N4. The Morgan fingerprint density at radius 3 is 0.819 bits per heavy atom. The predicted molar refractivity (Wildman–Crippen MR) is 491 cm³/mol. The van der Waals surface area contributed by atoms with Crippen molar-refractivity contribution < 1.29 is 0 Å². The molecule has 4 nitrogen and oxygen atoms in total. The van der Waals surface area contributed by atoms with Crippen molar-refractivity contribution in [3.63, 3.8) is 0 Å². The Morgan fingerprint density at radius 1 is 0.121 bits per heavy atom. The number of para-hydroxylation sites is 6. The van der Waals surface area contributed by atoms with Gasteiger partial charge in [0.05, 0.1) is 44.1 Å². The van der Waals surface area contributed by atoms with Gasteiger partial charge in [-0.1, -0.05) is 267 Å². The summed E-state index contributed by atoms with van der Waals surface area (Å²) in [5, 5.41) is 20.7. The topological polar surface area (TPSA) is 19.7 Å². The molecule has 0 radical (unpaired) electrons. The van der Waals surface area contributed by atoms with Gasteiger partial charge in [-0.3, -0.25) is 0 Å². The lowest BCUT2D eigenvalue weighted by Gasteiger charge is -2.12.